The van der Waals surface area contributed by atoms with E-state index in [2.05, 4.69) is 15.3 Å². The van der Waals surface area contributed by atoms with Crippen molar-refractivity contribution in [2.24, 2.45) is 5.41 Å². The Morgan fingerprint density at radius 3 is 2.85 bits per heavy atom. The standard InChI is InChI=1S/C18H26N6O3/c1-14-15(21-27-20-14)11-22(3)17(26)18(2)6-4-8-24(12-18)16(25)5-9-23-10-7-19-13-23/h7,10,13H,4-6,8-9,11-12H2,1-3H3. The van der Waals surface area contributed by atoms with Gasteiger partial charge in [-0.25, -0.2) is 9.61 Å². The van der Waals surface area contributed by atoms with Crippen LogP contribution in [0.4, 0.5) is 0 Å². The van der Waals surface area contributed by atoms with Crippen LogP contribution in [-0.2, 0) is 22.7 Å². The zero-order valence-electron chi connectivity index (χ0n) is 16.1. The summed E-state index contributed by atoms with van der Waals surface area (Å²) in [5.41, 5.74) is 0.737. The van der Waals surface area contributed by atoms with Crippen molar-refractivity contribution in [2.75, 3.05) is 20.1 Å². The number of amides is 2. The first-order valence-corrected chi connectivity index (χ1v) is 9.16. The normalized spacial score (nSPS) is 19.9. The van der Waals surface area contributed by atoms with Gasteiger partial charge in [0.15, 0.2) is 0 Å². The molecule has 1 saturated heterocycles. The van der Waals surface area contributed by atoms with E-state index in [9.17, 15) is 9.59 Å². The number of rotatable bonds is 6. The lowest BCUT2D eigenvalue weighted by atomic mass is 9.80. The summed E-state index contributed by atoms with van der Waals surface area (Å²) >= 11 is 0. The molecule has 9 nitrogen and oxygen atoms in total. The molecule has 2 aromatic rings. The number of aryl methyl sites for hydroxylation is 2. The Morgan fingerprint density at radius 1 is 1.37 bits per heavy atom. The van der Waals surface area contributed by atoms with Crippen LogP contribution in [0.25, 0.3) is 0 Å². The van der Waals surface area contributed by atoms with Gasteiger partial charge < -0.3 is 14.4 Å². The molecule has 2 aromatic heterocycles. The number of hydrogen-bond acceptors (Lipinski definition) is 6. The summed E-state index contributed by atoms with van der Waals surface area (Å²) in [5, 5.41) is 7.60. The molecule has 0 aliphatic carbocycles. The molecule has 146 valence electrons. The second-order valence-corrected chi connectivity index (χ2v) is 7.49. The molecule has 1 fully saturated rings. The highest BCUT2D eigenvalue weighted by Gasteiger charge is 2.41. The van der Waals surface area contributed by atoms with Crippen molar-refractivity contribution in [3.63, 3.8) is 0 Å². The Balaban J connectivity index is 1.59. The van der Waals surface area contributed by atoms with Crippen LogP contribution in [0.1, 0.15) is 37.6 Å². The number of piperidine rings is 1. The second kappa shape index (κ2) is 7.89. The topological polar surface area (TPSA) is 97.4 Å². The predicted octanol–water partition coefficient (Wildman–Crippen LogP) is 1.25. The molecule has 1 atom stereocenters. The van der Waals surface area contributed by atoms with E-state index in [4.69, 9.17) is 4.63 Å². The number of imidazole rings is 1. The van der Waals surface area contributed by atoms with Crippen LogP contribution < -0.4 is 0 Å². The van der Waals surface area contributed by atoms with Gasteiger partial charge in [-0.1, -0.05) is 10.3 Å². The molecule has 0 N–H and O–H groups in total. The summed E-state index contributed by atoms with van der Waals surface area (Å²) in [6.45, 7) is 5.81. The van der Waals surface area contributed by atoms with Gasteiger partial charge in [0.2, 0.25) is 11.8 Å². The van der Waals surface area contributed by atoms with E-state index in [1.165, 1.54) is 0 Å². The van der Waals surface area contributed by atoms with Crippen molar-refractivity contribution in [1.82, 2.24) is 29.7 Å². The number of carbonyl (C=O) groups excluding carboxylic acids is 2. The number of likely N-dealkylation sites (tertiary alicyclic amines) is 1. The van der Waals surface area contributed by atoms with E-state index < -0.39 is 5.41 Å². The van der Waals surface area contributed by atoms with E-state index in [0.717, 1.165) is 12.8 Å². The third-order valence-electron chi connectivity index (χ3n) is 5.19. The van der Waals surface area contributed by atoms with Gasteiger partial charge in [0.25, 0.3) is 0 Å². The average molecular weight is 374 g/mol. The SMILES string of the molecule is Cc1nonc1CN(C)C(=O)C1(C)CCCN(C(=O)CCn2ccnc2)C1. The monoisotopic (exact) mass is 374 g/mol. The fraction of sp³-hybridized carbons (Fsp3) is 0.611. The van der Waals surface area contributed by atoms with E-state index in [1.54, 1.807) is 31.4 Å². The van der Waals surface area contributed by atoms with Crippen LogP contribution in [0, 0.1) is 12.3 Å². The molecule has 0 radical (unpaired) electrons. The number of carbonyl (C=O) groups is 2. The van der Waals surface area contributed by atoms with Crippen molar-refractivity contribution in [3.8, 4) is 0 Å². The van der Waals surface area contributed by atoms with Crippen LogP contribution in [0.2, 0.25) is 0 Å². The van der Waals surface area contributed by atoms with Gasteiger partial charge in [-0.2, -0.15) is 0 Å². The minimum Gasteiger partial charge on any atom is -0.342 e. The lowest BCUT2D eigenvalue weighted by Gasteiger charge is -2.41. The summed E-state index contributed by atoms with van der Waals surface area (Å²) in [6, 6.07) is 0. The minimum atomic E-state index is -0.595. The van der Waals surface area contributed by atoms with Gasteiger partial charge in [-0.3, -0.25) is 9.59 Å². The maximum atomic E-state index is 13.1. The fourth-order valence-electron chi connectivity index (χ4n) is 3.58. The molecule has 2 amide bonds. The molecule has 3 rings (SSSR count). The fourth-order valence-corrected chi connectivity index (χ4v) is 3.58. The van der Waals surface area contributed by atoms with Gasteiger partial charge in [0.1, 0.15) is 11.4 Å². The smallest absolute Gasteiger partial charge is 0.230 e. The molecule has 1 aliphatic heterocycles. The number of hydrogen-bond donors (Lipinski definition) is 0. The van der Waals surface area contributed by atoms with E-state index in [1.807, 2.05) is 22.6 Å². The number of nitrogens with zero attached hydrogens (tertiary/aromatic N) is 6. The van der Waals surface area contributed by atoms with E-state index >= 15 is 0 Å². The third kappa shape index (κ3) is 4.35. The molecule has 0 aromatic carbocycles. The third-order valence-corrected chi connectivity index (χ3v) is 5.19. The van der Waals surface area contributed by atoms with Gasteiger partial charge >= 0.3 is 0 Å². The summed E-state index contributed by atoms with van der Waals surface area (Å²) in [4.78, 5) is 33.1. The largest absolute Gasteiger partial charge is 0.342 e. The van der Waals surface area contributed by atoms with Crippen LogP contribution in [0.15, 0.2) is 23.4 Å². The Hall–Kier alpha value is -2.71. The lowest BCUT2D eigenvalue weighted by Crippen LogP contribution is -2.52. The lowest BCUT2D eigenvalue weighted by molar-refractivity contribution is -0.147. The highest BCUT2D eigenvalue weighted by atomic mass is 16.6. The van der Waals surface area contributed by atoms with E-state index in [0.29, 0.717) is 44.0 Å². The van der Waals surface area contributed by atoms with Crippen LogP contribution >= 0.6 is 0 Å². The summed E-state index contributed by atoms with van der Waals surface area (Å²) in [5.74, 6) is 0.0821. The molecule has 1 unspecified atom stereocenters. The van der Waals surface area contributed by atoms with E-state index in [-0.39, 0.29) is 11.8 Å². The first-order chi connectivity index (χ1) is 12.9. The highest BCUT2D eigenvalue weighted by molar-refractivity contribution is 5.84. The Bertz CT molecular complexity index is 787. The summed E-state index contributed by atoms with van der Waals surface area (Å²) in [6.07, 6.45) is 7.22. The molecule has 27 heavy (non-hydrogen) atoms. The maximum absolute atomic E-state index is 13.1. The molecule has 0 spiro atoms. The average Bonchev–Trinajstić information content (AvgIpc) is 3.31. The zero-order valence-corrected chi connectivity index (χ0v) is 16.1. The number of aromatic nitrogens is 4. The summed E-state index contributed by atoms with van der Waals surface area (Å²) < 4.78 is 6.59. The Morgan fingerprint density at radius 2 is 2.19 bits per heavy atom. The first kappa shape index (κ1) is 19.1. The second-order valence-electron chi connectivity index (χ2n) is 7.49. The molecule has 0 bridgehead atoms. The molecule has 0 saturated carbocycles. The Labute approximate surface area is 158 Å². The van der Waals surface area contributed by atoms with Crippen molar-refractivity contribution in [1.29, 1.82) is 0 Å². The highest BCUT2D eigenvalue weighted by Crippen LogP contribution is 2.32. The summed E-state index contributed by atoms with van der Waals surface area (Å²) in [7, 11) is 1.75. The zero-order chi connectivity index (χ0) is 19.4. The minimum absolute atomic E-state index is 0.0111. The van der Waals surface area contributed by atoms with Crippen LogP contribution in [-0.4, -0.2) is 61.6 Å². The molecular weight excluding hydrogens is 348 g/mol. The van der Waals surface area contributed by atoms with Crippen LogP contribution in [0.5, 0.6) is 0 Å². The predicted molar refractivity (Wildman–Crippen MR) is 96.3 cm³/mol. The van der Waals surface area contributed by atoms with Gasteiger partial charge in [0.05, 0.1) is 18.3 Å². The maximum Gasteiger partial charge on any atom is 0.230 e. The van der Waals surface area contributed by atoms with Crippen molar-refractivity contribution >= 4 is 11.8 Å². The first-order valence-electron chi connectivity index (χ1n) is 9.16. The quantitative estimate of drug-likeness (QED) is 0.755. The molecule has 3 heterocycles. The van der Waals surface area contributed by atoms with Crippen LogP contribution in [0.3, 0.4) is 0 Å². The molecule has 9 heteroatoms. The Kier molecular flexibility index (Phi) is 5.57. The molecular formula is C18H26N6O3. The van der Waals surface area contributed by atoms with Crippen molar-refractivity contribution in [3.05, 3.63) is 30.1 Å². The van der Waals surface area contributed by atoms with Crippen molar-refractivity contribution in [2.45, 2.75) is 46.2 Å². The molecule has 1 aliphatic rings. The van der Waals surface area contributed by atoms with Crippen molar-refractivity contribution < 1.29 is 14.2 Å². The van der Waals surface area contributed by atoms with Gasteiger partial charge in [-0.05, 0) is 26.7 Å². The van der Waals surface area contributed by atoms with Gasteiger partial charge in [0, 0.05) is 45.5 Å². The van der Waals surface area contributed by atoms with Gasteiger partial charge in [-0.15, -0.1) is 0 Å².